The zero-order valence-electron chi connectivity index (χ0n) is 22.9. The Morgan fingerprint density at radius 1 is 1.05 bits per heavy atom. The van der Waals surface area contributed by atoms with Gasteiger partial charge in [-0.3, -0.25) is 4.98 Å². The molecule has 3 aromatic heterocycles. The van der Waals surface area contributed by atoms with Crippen LogP contribution in [0.3, 0.4) is 0 Å². The molecule has 43 heavy (non-hydrogen) atoms. The minimum Gasteiger partial charge on any atom is -0.494 e. The summed E-state index contributed by atoms with van der Waals surface area (Å²) in [7, 11) is 2.52. The molecule has 2 amide bonds. The van der Waals surface area contributed by atoms with E-state index >= 15 is 0 Å². The van der Waals surface area contributed by atoms with Crippen molar-refractivity contribution in [1.82, 2.24) is 29.6 Å². The fourth-order valence-corrected chi connectivity index (χ4v) is 4.19. The van der Waals surface area contributed by atoms with Crippen LogP contribution in [-0.4, -0.2) is 69.4 Å². The Morgan fingerprint density at radius 3 is 2.26 bits per heavy atom. The van der Waals surface area contributed by atoms with E-state index in [0.29, 0.717) is 11.3 Å². The minimum atomic E-state index is -5.30. The quantitative estimate of drug-likeness (QED) is 0.257. The van der Waals surface area contributed by atoms with Crippen LogP contribution in [0.15, 0.2) is 36.6 Å². The van der Waals surface area contributed by atoms with Gasteiger partial charge in [-0.1, -0.05) is 0 Å². The van der Waals surface area contributed by atoms with Gasteiger partial charge in [0.25, 0.3) is 5.88 Å². The molecule has 2 atom stereocenters. The minimum absolute atomic E-state index is 0.0186. The number of nitrogens with zero attached hydrogens (tertiary/aromatic N) is 5. The van der Waals surface area contributed by atoms with Gasteiger partial charge in [-0.25, -0.2) is 19.2 Å². The molecule has 0 fully saturated rings. The van der Waals surface area contributed by atoms with Crippen molar-refractivity contribution in [1.29, 1.82) is 0 Å². The van der Waals surface area contributed by atoms with Gasteiger partial charge in [-0.05, 0) is 26.3 Å². The number of rotatable bonds is 10. The summed E-state index contributed by atoms with van der Waals surface area (Å²) in [5, 5.41) is 1.37. The number of methoxy groups -OCH3 is 2. The van der Waals surface area contributed by atoms with Crippen molar-refractivity contribution >= 4 is 11.7 Å². The van der Waals surface area contributed by atoms with Crippen molar-refractivity contribution in [2.24, 2.45) is 0 Å². The Morgan fingerprint density at radius 2 is 1.72 bits per heavy atom. The number of carbonyl (C=O) groups excluding carboxylic acids is 1. The lowest BCUT2D eigenvalue weighted by atomic mass is 10.1. The number of aryl methyl sites for hydroxylation is 1. The number of pyridine rings is 1. The number of hydrogen-bond donors (Lipinski definition) is 1. The number of hydrogen-bond acceptors (Lipinski definition) is 6. The molecule has 9 nitrogen and oxygen atoms in total. The van der Waals surface area contributed by atoms with Crippen LogP contribution < -0.4 is 14.8 Å². The molecule has 0 spiro atoms. The van der Waals surface area contributed by atoms with Crippen LogP contribution in [0.4, 0.5) is 44.3 Å². The third-order valence-corrected chi connectivity index (χ3v) is 6.16. The van der Waals surface area contributed by atoms with Gasteiger partial charge in [0.1, 0.15) is 11.8 Å². The van der Waals surface area contributed by atoms with Crippen molar-refractivity contribution in [2.75, 3.05) is 20.8 Å². The van der Waals surface area contributed by atoms with Gasteiger partial charge in [0, 0.05) is 30.9 Å². The second-order valence-electron chi connectivity index (χ2n) is 9.04. The highest BCUT2D eigenvalue weighted by Gasteiger charge is 2.49. The van der Waals surface area contributed by atoms with Gasteiger partial charge in [-0.15, -0.1) is 0 Å². The van der Waals surface area contributed by atoms with Crippen molar-refractivity contribution in [3.05, 3.63) is 48.0 Å². The number of fused-ring (bicyclic) bond motifs is 1. The Balaban J connectivity index is 2.07. The average Bonchev–Trinajstić information content (AvgIpc) is 3.31. The molecule has 0 saturated carbocycles. The summed E-state index contributed by atoms with van der Waals surface area (Å²) in [6, 6.07) is -6.74. The van der Waals surface area contributed by atoms with Crippen molar-refractivity contribution in [3.63, 3.8) is 0 Å². The smallest absolute Gasteiger partial charge is 0.414 e. The van der Waals surface area contributed by atoms with Gasteiger partial charge < -0.3 is 24.1 Å². The van der Waals surface area contributed by atoms with E-state index in [-0.39, 0.29) is 27.8 Å². The molecule has 18 heteroatoms. The number of allylic oxidation sites excluding steroid dienone is 1. The van der Waals surface area contributed by atoms with Crippen LogP contribution >= 0.6 is 0 Å². The Bertz CT molecular complexity index is 1490. The highest BCUT2D eigenvalue weighted by Crippen LogP contribution is 2.40. The lowest BCUT2D eigenvalue weighted by Gasteiger charge is -2.34. The third kappa shape index (κ3) is 7.59. The summed E-state index contributed by atoms with van der Waals surface area (Å²) in [5.41, 5.74) is 0.0893. The topological polar surface area (TPSA) is 93.9 Å². The highest BCUT2D eigenvalue weighted by molar-refractivity contribution is 5.76. The predicted octanol–water partition coefficient (Wildman–Crippen LogP) is 6.54. The molecular formula is C25H25F9N6O3. The first-order valence-corrected chi connectivity index (χ1v) is 12.4. The average molecular weight is 628 g/mol. The standard InChI is InChI=1S/C25H25F9N6O3/c1-5-40(23(41)38-18(24(29,30)31)7-6-14(26)20(27)28)19(25(32,33)34)15-8-13(17(42-3)9-35-15)16-11-39-10-12(2)36-21(39)22(37-16)43-4/h8-11,18-19H,5-7H2,1-4H3,(H,38,41)/t18-,19-/m0/s1. The van der Waals surface area contributed by atoms with Crippen LogP contribution in [0.1, 0.15) is 37.2 Å². The van der Waals surface area contributed by atoms with Crippen LogP contribution in [0, 0.1) is 6.92 Å². The SMILES string of the molecule is CCN(C(=O)N[C@@H](CCC(F)=C(F)F)C(F)(F)F)[C@@H](c1cc(-c2cn3cc(C)nc3c(OC)n2)c(OC)cn1)C(F)(F)F. The van der Waals surface area contributed by atoms with Crippen LogP contribution in [0.2, 0.25) is 0 Å². The zero-order chi connectivity index (χ0) is 32.3. The number of halogens is 9. The predicted molar refractivity (Wildman–Crippen MR) is 133 cm³/mol. The third-order valence-electron chi connectivity index (χ3n) is 6.16. The molecule has 3 rings (SSSR count). The Hall–Kier alpha value is -4.25. The molecule has 0 aliphatic heterocycles. The number of aromatic nitrogens is 4. The first-order chi connectivity index (χ1) is 20.0. The van der Waals surface area contributed by atoms with E-state index in [4.69, 9.17) is 9.47 Å². The number of carbonyl (C=O) groups is 1. The summed E-state index contributed by atoms with van der Waals surface area (Å²) in [5.74, 6) is -2.16. The molecule has 0 aliphatic rings. The van der Waals surface area contributed by atoms with Gasteiger partial charge >= 0.3 is 24.5 Å². The molecule has 0 aliphatic carbocycles. The fraction of sp³-hybridized carbons (Fsp3) is 0.440. The molecule has 0 bridgehead atoms. The first-order valence-electron chi connectivity index (χ1n) is 12.4. The van der Waals surface area contributed by atoms with E-state index in [9.17, 15) is 44.3 Å². The molecule has 0 saturated heterocycles. The lowest BCUT2D eigenvalue weighted by Crippen LogP contribution is -2.53. The summed E-state index contributed by atoms with van der Waals surface area (Å²) in [6.45, 7) is 2.00. The Labute approximate surface area is 238 Å². The van der Waals surface area contributed by atoms with E-state index in [1.165, 1.54) is 30.1 Å². The molecule has 3 heterocycles. The van der Waals surface area contributed by atoms with Gasteiger partial charge in [0.05, 0.1) is 37.5 Å². The number of ether oxygens (including phenoxy) is 2. The van der Waals surface area contributed by atoms with E-state index in [2.05, 4.69) is 15.0 Å². The van der Waals surface area contributed by atoms with Crippen molar-refractivity contribution in [3.8, 4) is 22.9 Å². The highest BCUT2D eigenvalue weighted by atomic mass is 19.4. The largest absolute Gasteiger partial charge is 0.494 e. The number of imidazole rings is 1. The molecule has 1 N–H and O–H groups in total. The van der Waals surface area contributed by atoms with Crippen LogP contribution in [-0.2, 0) is 0 Å². The monoisotopic (exact) mass is 628 g/mol. The zero-order valence-corrected chi connectivity index (χ0v) is 22.9. The second kappa shape index (κ2) is 12.9. The summed E-state index contributed by atoms with van der Waals surface area (Å²) in [4.78, 5) is 25.2. The second-order valence-corrected chi connectivity index (χ2v) is 9.04. The van der Waals surface area contributed by atoms with Gasteiger partial charge in [0.15, 0.2) is 11.9 Å². The summed E-state index contributed by atoms with van der Waals surface area (Å²) >= 11 is 0. The molecule has 0 aromatic carbocycles. The van der Waals surface area contributed by atoms with Crippen molar-refractivity contribution < 1.29 is 53.8 Å². The Kier molecular flexibility index (Phi) is 10.0. The molecule has 0 radical (unpaired) electrons. The van der Waals surface area contributed by atoms with Gasteiger partial charge in [0.2, 0.25) is 5.65 Å². The van der Waals surface area contributed by atoms with E-state index in [1.54, 1.807) is 13.1 Å². The molecule has 3 aromatic rings. The van der Waals surface area contributed by atoms with E-state index < -0.39 is 67.5 Å². The number of alkyl halides is 6. The maximum Gasteiger partial charge on any atom is 0.414 e. The van der Waals surface area contributed by atoms with E-state index in [1.807, 2.05) is 0 Å². The summed E-state index contributed by atoms with van der Waals surface area (Å²) < 4.78 is 134. The number of amides is 2. The molecule has 0 unspecified atom stereocenters. The number of urea groups is 1. The lowest BCUT2D eigenvalue weighted by molar-refractivity contribution is -0.180. The number of nitrogens with one attached hydrogen (secondary N) is 1. The van der Waals surface area contributed by atoms with E-state index in [0.717, 1.165) is 19.2 Å². The fourth-order valence-electron chi connectivity index (χ4n) is 4.19. The van der Waals surface area contributed by atoms with Gasteiger partial charge in [-0.2, -0.15) is 35.1 Å². The van der Waals surface area contributed by atoms with Crippen LogP contribution in [0.25, 0.3) is 16.9 Å². The maximum absolute atomic E-state index is 14.5. The van der Waals surface area contributed by atoms with Crippen molar-refractivity contribution in [2.45, 2.75) is 51.1 Å². The maximum atomic E-state index is 14.5. The molecular weight excluding hydrogens is 603 g/mol. The first kappa shape index (κ1) is 33.3. The van der Waals surface area contributed by atoms with Crippen LogP contribution in [0.5, 0.6) is 11.6 Å². The summed E-state index contributed by atoms with van der Waals surface area (Å²) in [6.07, 6.45) is -12.3. The normalized spacial score (nSPS) is 13.4. The molecule has 236 valence electrons.